The first kappa shape index (κ1) is 13.4. The molecule has 0 saturated heterocycles. The van der Waals surface area contributed by atoms with E-state index < -0.39 is 0 Å². The summed E-state index contributed by atoms with van der Waals surface area (Å²) in [6, 6.07) is 2.33. The lowest BCUT2D eigenvalue weighted by Gasteiger charge is -2.16. The molecule has 2 heterocycles. The Morgan fingerprint density at radius 2 is 2.41 bits per heavy atom. The van der Waals surface area contributed by atoms with Crippen LogP contribution in [0.2, 0.25) is 0 Å². The average Bonchev–Trinajstić information content (AvgIpc) is 2.84. The molecule has 1 atom stereocenters. The fourth-order valence-corrected chi connectivity index (χ4v) is 3.65. The van der Waals surface area contributed by atoms with Crippen LogP contribution in [-0.2, 0) is 7.05 Å². The summed E-state index contributed by atoms with van der Waals surface area (Å²) in [6.07, 6.45) is 0. The molecule has 0 spiro atoms. The van der Waals surface area contributed by atoms with Crippen molar-refractivity contribution < 1.29 is 0 Å². The molecule has 1 N–H and O–H groups in total. The Hall–Kier alpha value is 0.01000. The predicted octanol–water partition coefficient (Wildman–Crippen LogP) is 2.94. The molecule has 0 radical (unpaired) electrons. The second-order valence-electron chi connectivity index (χ2n) is 3.56. The third-order valence-corrected chi connectivity index (χ3v) is 4.80. The summed E-state index contributed by atoms with van der Waals surface area (Å²) in [5, 5.41) is 13.7. The first-order valence-electron chi connectivity index (χ1n) is 5.15. The third-order valence-electron chi connectivity index (χ3n) is 2.43. The SMILES string of the molecule is CCNC(c1csc(I)c1)c1c(Br)nnn1C. The number of hydrogen-bond acceptors (Lipinski definition) is 4. The normalized spacial score (nSPS) is 12.9. The second kappa shape index (κ2) is 5.77. The van der Waals surface area contributed by atoms with Crippen molar-refractivity contribution in [2.75, 3.05) is 6.54 Å². The molecule has 0 aliphatic carbocycles. The maximum absolute atomic E-state index is 4.04. The van der Waals surface area contributed by atoms with Crippen LogP contribution in [0.15, 0.2) is 16.0 Å². The molecule has 0 aromatic carbocycles. The molecule has 0 amide bonds. The molecule has 0 fully saturated rings. The molecule has 0 aliphatic rings. The van der Waals surface area contributed by atoms with Crippen LogP contribution in [0, 0.1) is 2.88 Å². The number of aryl methyl sites for hydroxylation is 1. The standard InChI is InChI=1S/C10H12BrIN4S/c1-3-13-8(6-4-7(12)17-5-6)9-10(11)14-15-16(9)2/h4-5,8,13H,3H2,1-2H3. The van der Waals surface area contributed by atoms with Crippen molar-refractivity contribution in [2.24, 2.45) is 7.05 Å². The van der Waals surface area contributed by atoms with E-state index in [1.165, 1.54) is 8.45 Å². The van der Waals surface area contributed by atoms with Gasteiger partial charge >= 0.3 is 0 Å². The Bertz CT molecular complexity index is 491. The maximum atomic E-state index is 4.04. The van der Waals surface area contributed by atoms with Gasteiger partial charge < -0.3 is 5.32 Å². The molecule has 17 heavy (non-hydrogen) atoms. The van der Waals surface area contributed by atoms with Gasteiger partial charge in [0.1, 0.15) is 0 Å². The minimum atomic E-state index is 0.133. The van der Waals surface area contributed by atoms with Gasteiger partial charge in [-0.25, -0.2) is 4.68 Å². The van der Waals surface area contributed by atoms with Gasteiger partial charge in [-0.2, -0.15) is 0 Å². The van der Waals surface area contributed by atoms with Crippen LogP contribution in [0.3, 0.4) is 0 Å². The maximum Gasteiger partial charge on any atom is 0.153 e. The monoisotopic (exact) mass is 426 g/mol. The van der Waals surface area contributed by atoms with Crippen LogP contribution in [0.4, 0.5) is 0 Å². The van der Waals surface area contributed by atoms with Crippen molar-refractivity contribution in [3.8, 4) is 0 Å². The lowest BCUT2D eigenvalue weighted by molar-refractivity contribution is 0.568. The van der Waals surface area contributed by atoms with E-state index in [0.29, 0.717) is 0 Å². The Morgan fingerprint density at radius 3 is 2.88 bits per heavy atom. The minimum absolute atomic E-state index is 0.133. The van der Waals surface area contributed by atoms with Gasteiger partial charge in [-0.05, 0) is 62.1 Å². The number of nitrogens with one attached hydrogen (secondary N) is 1. The van der Waals surface area contributed by atoms with E-state index in [1.54, 1.807) is 11.3 Å². The molecule has 7 heteroatoms. The number of nitrogens with zero attached hydrogens (tertiary/aromatic N) is 3. The highest BCUT2D eigenvalue weighted by molar-refractivity contribution is 14.1. The lowest BCUT2D eigenvalue weighted by Crippen LogP contribution is -2.24. The van der Waals surface area contributed by atoms with E-state index in [1.807, 2.05) is 11.7 Å². The largest absolute Gasteiger partial charge is 0.305 e. The van der Waals surface area contributed by atoms with Crippen LogP contribution >= 0.6 is 49.9 Å². The quantitative estimate of drug-likeness (QED) is 0.764. The molecule has 92 valence electrons. The molecule has 2 rings (SSSR count). The Balaban J connectivity index is 2.42. The van der Waals surface area contributed by atoms with Gasteiger partial charge in [0, 0.05) is 7.05 Å². The van der Waals surface area contributed by atoms with Gasteiger partial charge in [-0.1, -0.05) is 12.1 Å². The van der Waals surface area contributed by atoms with E-state index in [0.717, 1.165) is 16.8 Å². The third kappa shape index (κ3) is 2.88. The zero-order valence-electron chi connectivity index (χ0n) is 9.44. The summed E-state index contributed by atoms with van der Waals surface area (Å²) in [6.45, 7) is 3.00. The van der Waals surface area contributed by atoms with Crippen molar-refractivity contribution in [2.45, 2.75) is 13.0 Å². The predicted molar refractivity (Wildman–Crippen MR) is 81.3 cm³/mol. The zero-order valence-corrected chi connectivity index (χ0v) is 14.0. The van der Waals surface area contributed by atoms with Crippen molar-refractivity contribution in [1.82, 2.24) is 20.3 Å². The first-order chi connectivity index (χ1) is 8.13. The Labute approximate surface area is 126 Å². The van der Waals surface area contributed by atoms with Crippen molar-refractivity contribution in [1.29, 1.82) is 0 Å². The van der Waals surface area contributed by atoms with Gasteiger partial charge in [0.05, 0.1) is 14.6 Å². The second-order valence-corrected chi connectivity index (χ2v) is 7.12. The van der Waals surface area contributed by atoms with Crippen LogP contribution in [0.5, 0.6) is 0 Å². The summed E-state index contributed by atoms with van der Waals surface area (Å²) in [5.41, 5.74) is 2.31. The van der Waals surface area contributed by atoms with E-state index >= 15 is 0 Å². The number of hydrogen-bond donors (Lipinski definition) is 1. The first-order valence-corrected chi connectivity index (χ1v) is 7.91. The van der Waals surface area contributed by atoms with E-state index in [4.69, 9.17) is 0 Å². The molecule has 0 saturated carbocycles. The number of halogens is 2. The van der Waals surface area contributed by atoms with Gasteiger partial charge in [-0.15, -0.1) is 16.4 Å². The molecule has 0 aliphatic heterocycles. The van der Waals surface area contributed by atoms with Crippen molar-refractivity contribution in [3.63, 3.8) is 0 Å². The van der Waals surface area contributed by atoms with E-state index in [-0.39, 0.29) is 6.04 Å². The van der Waals surface area contributed by atoms with Gasteiger partial charge in [-0.3, -0.25) is 0 Å². The fourth-order valence-electron chi connectivity index (χ4n) is 1.70. The molecule has 1 unspecified atom stereocenters. The molecular formula is C10H12BrIN4S. The Kier molecular flexibility index (Phi) is 4.56. The molecule has 2 aromatic heterocycles. The molecule has 0 bridgehead atoms. The van der Waals surface area contributed by atoms with Crippen molar-refractivity contribution >= 4 is 49.9 Å². The van der Waals surface area contributed by atoms with Crippen molar-refractivity contribution in [3.05, 3.63) is 30.2 Å². The highest BCUT2D eigenvalue weighted by atomic mass is 127. The highest BCUT2D eigenvalue weighted by Crippen LogP contribution is 2.30. The smallest absolute Gasteiger partial charge is 0.153 e. The Morgan fingerprint density at radius 1 is 1.65 bits per heavy atom. The summed E-state index contributed by atoms with van der Waals surface area (Å²) in [7, 11) is 1.91. The average molecular weight is 427 g/mol. The summed E-state index contributed by atoms with van der Waals surface area (Å²) >= 11 is 7.55. The van der Waals surface area contributed by atoms with Gasteiger partial charge in [0.25, 0.3) is 0 Å². The summed E-state index contributed by atoms with van der Waals surface area (Å²) in [5.74, 6) is 0. The number of rotatable bonds is 4. The van der Waals surface area contributed by atoms with Crippen LogP contribution in [0.25, 0.3) is 0 Å². The molecular weight excluding hydrogens is 415 g/mol. The fraction of sp³-hybridized carbons (Fsp3) is 0.400. The van der Waals surface area contributed by atoms with Gasteiger partial charge in [0.15, 0.2) is 4.60 Å². The van der Waals surface area contributed by atoms with Crippen LogP contribution in [-0.4, -0.2) is 21.5 Å². The van der Waals surface area contributed by atoms with E-state index in [2.05, 4.69) is 72.5 Å². The number of aromatic nitrogens is 3. The lowest BCUT2D eigenvalue weighted by atomic mass is 10.1. The minimum Gasteiger partial charge on any atom is -0.305 e. The van der Waals surface area contributed by atoms with Gasteiger partial charge in [0.2, 0.25) is 0 Å². The zero-order chi connectivity index (χ0) is 12.4. The molecule has 4 nitrogen and oxygen atoms in total. The summed E-state index contributed by atoms with van der Waals surface area (Å²) in [4.78, 5) is 0. The summed E-state index contributed by atoms with van der Waals surface area (Å²) < 4.78 is 3.89. The topological polar surface area (TPSA) is 42.7 Å². The highest BCUT2D eigenvalue weighted by Gasteiger charge is 2.21. The van der Waals surface area contributed by atoms with Crippen LogP contribution < -0.4 is 5.32 Å². The van der Waals surface area contributed by atoms with Crippen LogP contribution in [0.1, 0.15) is 24.2 Å². The molecule has 2 aromatic rings. The van der Waals surface area contributed by atoms with E-state index in [9.17, 15) is 0 Å². The number of thiophene rings is 1.